The van der Waals surface area contributed by atoms with E-state index in [0.29, 0.717) is 12.0 Å². The van der Waals surface area contributed by atoms with Crippen LogP contribution in [0.5, 0.6) is 0 Å². The van der Waals surface area contributed by atoms with Crippen molar-refractivity contribution in [3.8, 4) is 0 Å². The molecule has 3 rings (SSSR count). The Morgan fingerprint density at radius 2 is 1.64 bits per heavy atom. The Balaban J connectivity index is 1.86. The van der Waals surface area contributed by atoms with Crippen molar-refractivity contribution in [2.75, 3.05) is 7.05 Å². The standard InChI is InChI=1S/C23H28N2O3/c1-23(2,3)22-24-19(20(26)25(22)4)18(15-16-11-7-5-8-12-16)28-21(27)17-13-9-6-10-14-17/h5-14,18-19,22,24H,15H2,1-4H3/t18-,19+,22-/m1/s1. The minimum Gasteiger partial charge on any atom is -0.456 e. The van der Waals surface area contributed by atoms with E-state index in [1.54, 1.807) is 36.2 Å². The summed E-state index contributed by atoms with van der Waals surface area (Å²) in [6, 6.07) is 18.1. The maximum Gasteiger partial charge on any atom is 0.338 e. The average molecular weight is 380 g/mol. The van der Waals surface area contributed by atoms with E-state index in [1.807, 2.05) is 36.4 Å². The van der Waals surface area contributed by atoms with Crippen molar-refractivity contribution in [1.29, 1.82) is 0 Å². The van der Waals surface area contributed by atoms with Gasteiger partial charge in [-0.15, -0.1) is 0 Å². The number of ether oxygens (including phenoxy) is 1. The predicted octanol–water partition coefficient (Wildman–Crippen LogP) is 3.26. The van der Waals surface area contributed by atoms with Gasteiger partial charge >= 0.3 is 5.97 Å². The Hall–Kier alpha value is -2.66. The Morgan fingerprint density at radius 3 is 2.18 bits per heavy atom. The van der Waals surface area contributed by atoms with Crippen LogP contribution in [0, 0.1) is 5.41 Å². The molecule has 1 fully saturated rings. The van der Waals surface area contributed by atoms with Crippen LogP contribution in [0.15, 0.2) is 60.7 Å². The molecule has 0 radical (unpaired) electrons. The molecule has 0 saturated carbocycles. The number of rotatable bonds is 5. The van der Waals surface area contributed by atoms with Crippen LogP contribution in [0.4, 0.5) is 0 Å². The van der Waals surface area contributed by atoms with Gasteiger partial charge in [0.05, 0.1) is 11.7 Å². The smallest absolute Gasteiger partial charge is 0.338 e. The molecule has 1 saturated heterocycles. The molecule has 5 heteroatoms. The number of carbonyl (C=O) groups is 2. The van der Waals surface area contributed by atoms with Gasteiger partial charge in [0.15, 0.2) is 0 Å². The first-order chi connectivity index (χ1) is 13.3. The third-order valence-electron chi connectivity index (χ3n) is 5.08. The Bertz CT molecular complexity index is 815. The first-order valence-electron chi connectivity index (χ1n) is 9.60. The summed E-state index contributed by atoms with van der Waals surface area (Å²) in [5.74, 6) is -0.472. The van der Waals surface area contributed by atoms with Gasteiger partial charge in [-0.05, 0) is 23.1 Å². The zero-order valence-electron chi connectivity index (χ0n) is 16.9. The van der Waals surface area contributed by atoms with Crippen LogP contribution in [0.3, 0.4) is 0 Å². The van der Waals surface area contributed by atoms with Crippen LogP contribution in [-0.2, 0) is 16.0 Å². The van der Waals surface area contributed by atoms with Crippen LogP contribution < -0.4 is 5.32 Å². The monoisotopic (exact) mass is 380 g/mol. The number of amides is 1. The van der Waals surface area contributed by atoms with Crippen molar-refractivity contribution in [1.82, 2.24) is 10.2 Å². The molecule has 0 spiro atoms. The molecule has 2 aromatic carbocycles. The molecule has 5 nitrogen and oxygen atoms in total. The molecular weight excluding hydrogens is 352 g/mol. The number of nitrogens with zero attached hydrogens (tertiary/aromatic N) is 1. The van der Waals surface area contributed by atoms with Gasteiger partial charge in [-0.25, -0.2) is 4.79 Å². The second kappa shape index (κ2) is 8.15. The summed E-state index contributed by atoms with van der Waals surface area (Å²) in [5, 5.41) is 3.41. The Labute approximate surface area is 166 Å². The largest absolute Gasteiger partial charge is 0.456 e. The minimum atomic E-state index is -0.600. The molecule has 0 unspecified atom stereocenters. The first kappa shape index (κ1) is 20.1. The third-order valence-corrected chi connectivity index (χ3v) is 5.08. The highest BCUT2D eigenvalue weighted by Gasteiger charge is 2.46. The Morgan fingerprint density at radius 1 is 1.07 bits per heavy atom. The molecule has 0 aliphatic carbocycles. The highest BCUT2D eigenvalue weighted by atomic mass is 16.5. The van der Waals surface area contributed by atoms with E-state index in [0.717, 1.165) is 5.56 Å². The summed E-state index contributed by atoms with van der Waals surface area (Å²) in [7, 11) is 1.80. The number of hydrogen-bond donors (Lipinski definition) is 1. The lowest BCUT2D eigenvalue weighted by Gasteiger charge is -2.32. The molecular formula is C23H28N2O3. The Kier molecular flexibility index (Phi) is 5.84. The second-order valence-electron chi connectivity index (χ2n) is 8.36. The van der Waals surface area contributed by atoms with Gasteiger partial charge in [-0.3, -0.25) is 10.1 Å². The van der Waals surface area contributed by atoms with E-state index in [1.165, 1.54) is 0 Å². The fourth-order valence-electron chi connectivity index (χ4n) is 3.65. The van der Waals surface area contributed by atoms with Gasteiger partial charge < -0.3 is 9.64 Å². The normalized spacial score (nSPS) is 20.9. The van der Waals surface area contributed by atoms with Crippen molar-refractivity contribution in [3.63, 3.8) is 0 Å². The number of benzene rings is 2. The second-order valence-corrected chi connectivity index (χ2v) is 8.36. The van der Waals surface area contributed by atoms with Gasteiger partial charge in [-0.1, -0.05) is 69.3 Å². The molecule has 28 heavy (non-hydrogen) atoms. The highest BCUT2D eigenvalue weighted by molar-refractivity contribution is 5.90. The number of hydrogen-bond acceptors (Lipinski definition) is 4. The molecule has 0 aromatic heterocycles. The maximum atomic E-state index is 13.0. The zero-order chi connectivity index (χ0) is 20.3. The predicted molar refractivity (Wildman–Crippen MR) is 109 cm³/mol. The van der Waals surface area contributed by atoms with Crippen LogP contribution in [-0.4, -0.2) is 42.1 Å². The number of esters is 1. The summed E-state index contributed by atoms with van der Waals surface area (Å²) in [6.45, 7) is 6.25. The van der Waals surface area contributed by atoms with Crippen molar-refractivity contribution in [3.05, 3.63) is 71.8 Å². The molecule has 0 bridgehead atoms. The van der Waals surface area contributed by atoms with E-state index in [-0.39, 0.29) is 17.5 Å². The number of likely N-dealkylation sites (N-methyl/N-ethyl adjacent to an activating group) is 1. The quantitative estimate of drug-likeness (QED) is 0.809. The fraction of sp³-hybridized carbons (Fsp3) is 0.391. The molecule has 148 valence electrons. The van der Waals surface area contributed by atoms with Crippen molar-refractivity contribution in [2.24, 2.45) is 5.41 Å². The van der Waals surface area contributed by atoms with Crippen molar-refractivity contribution < 1.29 is 14.3 Å². The van der Waals surface area contributed by atoms with Crippen LogP contribution in [0.1, 0.15) is 36.7 Å². The molecule has 1 amide bonds. The van der Waals surface area contributed by atoms with Crippen molar-refractivity contribution >= 4 is 11.9 Å². The third kappa shape index (κ3) is 4.42. The van der Waals surface area contributed by atoms with Gasteiger partial charge in [0.2, 0.25) is 5.91 Å². The fourth-order valence-corrected chi connectivity index (χ4v) is 3.65. The average Bonchev–Trinajstić information content (AvgIpc) is 2.98. The van der Waals surface area contributed by atoms with E-state index >= 15 is 0 Å². The first-order valence-corrected chi connectivity index (χ1v) is 9.60. The van der Waals surface area contributed by atoms with Gasteiger partial charge in [-0.2, -0.15) is 0 Å². The summed E-state index contributed by atoms with van der Waals surface area (Å²) >= 11 is 0. The zero-order valence-corrected chi connectivity index (χ0v) is 16.9. The minimum absolute atomic E-state index is 0.0540. The summed E-state index contributed by atoms with van der Waals surface area (Å²) in [6.07, 6.45) is -0.260. The highest BCUT2D eigenvalue weighted by Crippen LogP contribution is 2.28. The van der Waals surface area contributed by atoms with Crippen LogP contribution in [0.2, 0.25) is 0 Å². The molecule has 1 N–H and O–H groups in total. The van der Waals surface area contributed by atoms with Gasteiger partial charge in [0.25, 0.3) is 0 Å². The molecule has 3 atom stereocenters. The summed E-state index contributed by atoms with van der Waals surface area (Å²) in [5.41, 5.74) is 1.36. The topological polar surface area (TPSA) is 58.6 Å². The number of carbonyl (C=O) groups excluding carboxylic acids is 2. The lowest BCUT2D eigenvalue weighted by molar-refractivity contribution is -0.131. The van der Waals surface area contributed by atoms with Crippen LogP contribution >= 0.6 is 0 Å². The summed E-state index contributed by atoms with van der Waals surface area (Å²) in [4.78, 5) is 27.4. The van der Waals surface area contributed by atoms with E-state index in [4.69, 9.17) is 4.74 Å². The van der Waals surface area contributed by atoms with E-state index in [2.05, 4.69) is 26.1 Å². The van der Waals surface area contributed by atoms with Crippen molar-refractivity contribution in [2.45, 2.75) is 45.5 Å². The van der Waals surface area contributed by atoms with Crippen LogP contribution in [0.25, 0.3) is 0 Å². The lowest BCUT2D eigenvalue weighted by atomic mass is 9.92. The number of nitrogens with one attached hydrogen (secondary N) is 1. The molecule has 1 heterocycles. The molecule has 1 aliphatic heterocycles. The van der Waals surface area contributed by atoms with Gasteiger partial charge in [0.1, 0.15) is 12.1 Å². The maximum absolute atomic E-state index is 13.0. The molecule has 2 aromatic rings. The van der Waals surface area contributed by atoms with E-state index < -0.39 is 18.1 Å². The molecule has 1 aliphatic rings. The SMILES string of the molecule is CN1C(=O)[C@H]([C@@H](Cc2ccccc2)OC(=O)c2ccccc2)N[C@H]1C(C)(C)C. The summed E-state index contributed by atoms with van der Waals surface area (Å²) < 4.78 is 5.86. The van der Waals surface area contributed by atoms with Gasteiger partial charge in [0, 0.05) is 13.5 Å². The lowest BCUT2D eigenvalue weighted by Crippen LogP contribution is -2.48. The van der Waals surface area contributed by atoms with E-state index in [9.17, 15) is 9.59 Å².